The number of rotatable bonds is 3. The zero-order valence-electron chi connectivity index (χ0n) is 10.4. The molecule has 0 amide bonds. The van der Waals surface area contributed by atoms with E-state index < -0.39 is 5.97 Å². The van der Waals surface area contributed by atoms with Gasteiger partial charge in [-0.15, -0.1) is 0 Å². The molecule has 0 aliphatic carbocycles. The van der Waals surface area contributed by atoms with Crippen molar-refractivity contribution in [3.63, 3.8) is 0 Å². The number of carboxylic acids is 1. The highest BCUT2D eigenvalue weighted by Gasteiger charge is 2.09. The Morgan fingerprint density at radius 3 is 2.30 bits per heavy atom. The Morgan fingerprint density at radius 2 is 1.70 bits per heavy atom. The van der Waals surface area contributed by atoms with Gasteiger partial charge in [0.15, 0.2) is 0 Å². The minimum atomic E-state index is -0.957. The van der Waals surface area contributed by atoms with Crippen LogP contribution < -0.4 is 5.32 Å². The van der Waals surface area contributed by atoms with Crippen LogP contribution in [-0.2, 0) is 0 Å². The van der Waals surface area contributed by atoms with E-state index in [-0.39, 0.29) is 5.56 Å². The largest absolute Gasteiger partial charge is 0.478 e. The maximum Gasteiger partial charge on any atom is 0.335 e. The van der Waals surface area contributed by atoms with E-state index in [4.69, 9.17) is 39.9 Å². The van der Waals surface area contributed by atoms with Gasteiger partial charge in [-0.05, 0) is 42.8 Å². The predicted octanol–water partition coefficient (Wildman–Crippen LogP) is 5.40. The fraction of sp³-hybridized carbons (Fsp3) is 0.0714. The van der Waals surface area contributed by atoms with Crippen LogP contribution in [0.1, 0.15) is 15.9 Å². The van der Waals surface area contributed by atoms with Crippen LogP contribution >= 0.6 is 34.8 Å². The summed E-state index contributed by atoms with van der Waals surface area (Å²) in [6, 6.07) is 8.09. The Hall–Kier alpha value is -1.42. The molecule has 104 valence electrons. The van der Waals surface area contributed by atoms with Crippen LogP contribution in [-0.4, -0.2) is 11.1 Å². The highest BCUT2D eigenvalue weighted by molar-refractivity contribution is 6.44. The van der Waals surface area contributed by atoms with Crippen molar-refractivity contribution < 1.29 is 9.90 Å². The lowest BCUT2D eigenvalue weighted by molar-refractivity contribution is 0.0696. The summed E-state index contributed by atoms with van der Waals surface area (Å²) in [4.78, 5) is 11.0. The summed E-state index contributed by atoms with van der Waals surface area (Å²) in [5.74, 6) is -0.957. The normalized spacial score (nSPS) is 10.4. The van der Waals surface area contributed by atoms with Crippen LogP contribution in [0, 0.1) is 6.92 Å². The van der Waals surface area contributed by atoms with Gasteiger partial charge in [0.05, 0.1) is 26.3 Å². The van der Waals surface area contributed by atoms with Gasteiger partial charge < -0.3 is 10.4 Å². The molecule has 0 atom stereocenters. The molecule has 0 aliphatic heterocycles. The lowest BCUT2D eigenvalue weighted by Gasteiger charge is -2.11. The second kappa shape index (κ2) is 5.92. The van der Waals surface area contributed by atoms with Crippen molar-refractivity contribution in [2.24, 2.45) is 0 Å². The molecule has 3 nitrogen and oxygen atoms in total. The van der Waals surface area contributed by atoms with E-state index in [2.05, 4.69) is 5.32 Å². The fourth-order valence-corrected chi connectivity index (χ4v) is 2.35. The molecule has 0 radical (unpaired) electrons. The van der Waals surface area contributed by atoms with Gasteiger partial charge in [-0.1, -0.05) is 34.8 Å². The van der Waals surface area contributed by atoms with Crippen molar-refractivity contribution in [2.75, 3.05) is 5.32 Å². The molecule has 2 N–H and O–H groups in total. The molecule has 0 aliphatic rings. The summed E-state index contributed by atoms with van der Waals surface area (Å²) in [6.07, 6.45) is 0. The quantitative estimate of drug-likeness (QED) is 0.741. The average molecular weight is 331 g/mol. The van der Waals surface area contributed by atoms with Crippen LogP contribution in [0.2, 0.25) is 15.1 Å². The zero-order chi connectivity index (χ0) is 14.9. The molecule has 0 fully saturated rings. The monoisotopic (exact) mass is 329 g/mol. The molecule has 0 bridgehead atoms. The zero-order valence-corrected chi connectivity index (χ0v) is 12.6. The standard InChI is InChI=1S/C14H10Cl3NO2/c1-7-4-8(2-3-9(7)14(19)20)18-13-6-11(16)10(15)5-12(13)17/h2-6,18H,1H3,(H,19,20). The molecule has 0 heterocycles. The van der Waals surface area contributed by atoms with Gasteiger partial charge in [-0.2, -0.15) is 0 Å². The molecule has 2 aromatic carbocycles. The molecule has 20 heavy (non-hydrogen) atoms. The molecule has 2 aromatic rings. The molecule has 0 unspecified atom stereocenters. The number of halogens is 3. The number of carbonyl (C=O) groups is 1. The predicted molar refractivity (Wildman–Crippen MR) is 82.9 cm³/mol. The molecular formula is C14H10Cl3NO2. The summed E-state index contributed by atoms with van der Waals surface area (Å²) in [5, 5.41) is 13.3. The topological polar surface area (TPSA) is 49.3 Å². The van der Waals surface area contributed by atoms with Crippen LogP contribution in [0.25, 0.3) is 0 Å². The molecular weight excluding hydrogens is 321 g/mol. The van der Waals surface area contributed by atoms with Crippen molar-refractivity contribution in [1.82, 2.24) is 0 Å². The summed E-state index contributed by atoms with van der Waals surface area (Å²) < 4.78 is 0. The van der Waals surface area contributed by atoms with Crippen molar-refractivity contribution in [2.45, 2.75) is 6.92 Å². The Balaban J connectivity index is 2.33. The SMILES string of the molecule is Cc1cc(Nc2cc(Cl)c(Cl)cc2Cl)ccc1C(=O)O. The molecule has 0 saturated carbocycles. The number of carboxylic acid groups (broad SMARTS) is 1. The lowest BCUT2D eigenvalue weighted by atomic mass is 10.1. The van der Waals surface area contributed by atoms with Gasteiger partial charge in [0.25, 0.3) is 0 Å². The van der Waals surface area contributed by atoms with Crippen molar-refractivity contribution in [3.8, 4) is 0 Å². The van der Waals surface area contributed by atoms with Crippen LogP contribution in [0.4, 0.5) is 11.4 Å². The Bertz CT molecular complexity index is 686. The first-order valence-corrected chi connectivity index (χ1v) is 6.77. The number of hydrogen-bond acceptors (Lipinski definition) is 2. The molecule has 0 aromatic heterocycles. The average Bonchev–Trinajstić information content (AvgIpc) is 2.35. The first-order valence-electron chi connectivity index (χ1n) is 5.64. The smallest absolute Gasteiger partial charge is 0.335 e. The second-order valence-corrected chi connectivity index (χ2v) is 5.43. The third kappa shape index (κ3) is 3.18. The van der Waals surface area contributed by atoms with Gasteiger partial charge in [0, 0.05) is 5.69 Å². The Morgan fingerprint density at radius 1 is 1.05 bits per heavy atom. The van der Waals surface area contributed by atoms with E-state index in [1.165, 1.54) is 6.07 Å². The van der Waals surface area contributed by atoms with Crippen molar-refractivity contribution >= 4 is 52.1 Å². The Kier molecular flexibility index (Phi) is 4.43. The van der Waals surface area contributed by atoms with E-state index in [9.17, 15) is 4.79 Å². The molecule has 6 heteroatoms. The number of aryl methyl sites for hydroxylation is 1. The van der Waals surface area contributed by atoms with Crippen LogP contribution in [0.5, 0.6) is 0 Å². The fourth-order valence-electron chi connectivity index (χ4n) is 1.76. The number of aromatic carboxylic acids is 1. The van der Waals surface area contributed by atoms with Crippen LogP contribution in [0.15, 0.2) is 30.3 Å². The van der Waals surface area contributed by atoms with Gasteiger partial charge in [-0.25, -0.2) is 4.79 Å². The molecule has 2 rings (SSSR count). The van der Waals surface area contributed by atoms with Gasteiger partial charge in [0.2, 0.25) is 0 Å². The second-order valence-electron chi connectivity index (χ2n) is 4.21. The highest BCUT2D eigenvalue weighted by atomic mass is 35.5. The minimum Gasteiger partial charge on any atom is -0.478 e. The van der Waals surface area contributed by atoms with Gasteiger partial charge >= 0.3 is 5.97 Å². The molecule has 0 saturated heterocycles. The summed E-state index contributed by atoms with van der Waals surface area (Å²) in [7, 11) is 0. The minimum absolute atomic E-state index is 0.260. The summed E-state index contributed by atoms with van der Waals surface area (Å²) in [6.45, 7) is 1.73. The van der Waals surface area contributed by atoms with Crippen molar-refractivity contribution in [1.29, 1.82) is 0 Å². The first-order chi connectivity index (χ1) is 9.38. The van der Waals surface area contributed by atoms with Crippen molar-refractivity contribution in [3.05, 3.63) is 56.5 Å². The third-order valence-corrected chi connectivity index (χ3v) is 3.78. The number of anilines is 2. The highest BCUT2D eigenvalue weighted by Crippen LogP contribution is 2.34. The maximum absolute atomic E-state index is 11.0. The third-order valence-electron chi connectivity index (χ3n) is 2.75. The Labute approximate surface area is 131 Å². The molecule has 0 spiro atoms. The van der Waals surface area contributed by atoms with E-state index in [1.807, 2.05) is 0 Å². The van der Waals surface area contributed by atoms with E-state index >= 15 is 0 Å². The first kappa shape index (κ1) is 15.0. The van der Waals surface area contributed by atoms with Gasteiger partial charge in [0.1, 0.15) is 0 Å². The summed E-state index contributed by atoms with van der Waals surface area (Å²) in [5.41, 5.74) is 2.23. The van der Waals surface area contributed by atoms with E-state index in [0.717, 1.165) is 0 Å². The van der Waals surface area contributed by atoms with Crippen LogP contribution in [0.3, 0.4) is 0 Å². The number of benzene rings is 2. The lowest BCUT2D eigenvalue weighted by Crippen LogP contribution is -2.00. The number of nitrogens with one attached hydrogen (secondary N) is 1. The summed E-state index contributed by atoms with van der Waals surface area (Å²) >= 11 is 17.9. The van der Waals surface area contributed by atoms with E-state index in [0.29, 0.717) is 32.0 Å². The number of hydrogen-bond donors (Lipinski definition) is 2. The maximum atomic E-state index is 11.0. The van der Waals surface area contributed by atoms with Gasteiger partial charge in [-0.3, -0.25) is 0 Å². The van der Waals surface area contributed by atoms with E-state index in [1.54, 1.807) is 31.2 Å².